The first-order valence-electron chi connectivity index (χ1n) is 5.88. The summed E-state index contributed by atoms with van der Waals surface area (Å²) in [6.45, 7) is 3.58. The molecule has 1 aromatic rings. The number of hydrogen-bond donors (Lipinski definition) is 1. The number of piperidine rings is 1. The number of halogens is 3. The highest BCUT2D eigenvalue weighted by Gasteiger charge is 2.42. The molecule has 1 aliphatic rings. The Morgan fingerprint density at radius 1 is 1.42 bits per heavy atom. The first-order chi connectivity index (χ1) is 9.00. The second-order valence-corrected chi connectivity index (χ2v) is 6.56. The van der Waals surface area contributed by atoms with Gasteiger partial charge in [-0.25, -0.2) is 0 Å². The molecule has 106 valence electrons. The van der Waals surface area contributed by atoms with E-state index >= 15 is 0 Å². The maximum Gasteiger partial charge on any atom is 0.393 e. The topological polar surface area (TPSA) is 37.8 Å². The van der Waals surface area contributed by atoms with Crippen molar-refractivity contribution in [3.63, 3.8) is 0 Å². The Morgan fingerprint density at radius 3 is 2.79 bits per heavy atom. The van der Waals surface area contributed by atoms with Gasteiger partial charge in [0.25, 0.3) is 0 Å². The minimum atomic E-state index is -4.11. The van der Waals surface area contributed by atoms with Crippen molar-refractivity contribution in [2.24, 2.45) is 5.92 Å². The molecule has 0 aliphatic carbocycles. The Hall–Kier alpha value is -0.600. The van der Waals surface area contributed by atoms with Gasteiger partial charge in [-0.15, -0.1) is 16.8 Å². The Kier molecular flexibility index (Phi) is 4.86. The van der Waals surface area contributed by atoms with Gasteiger partial charge in [-0.1, -0.05) is 29.2 Å². The molecule has 0 bridgehead atoms. The van der Waals surface area contributed by atoms with E-state index in [4.69, 9.17) is 0 Å². The van der Waals surface area contributed by atoms with E-state index < -0.39 is 12.1 Å². The van der Waals surface area contributed by atoms with Gasteiger partial charge in [0.15, 0.2) is 4.34 Å². The van der Waals surface area contributed by atoms with Crippen LogP contribution in [-0.4, -0.2) is 28.7 Å². The molecule has 0 amide bonds. The van der Waals surface area contributed by atoms with Gasteiger partial charge in [-0.05, 0) is 12.8 Å². The smallest absolute Gasteiger partial charge is 0.307 e. The van der Waals surface area contributed by atoms with Crippen LogP contribution in [0.15, 0.2) is 17.0 Å². The molecule has 0 aromatic carbocycles. The molecule has 0 radical (unpaired) electrons. The lowest BCUT2D eigenvalue weighted by Gasteiger charge is -2.29. The van der Waals surface area contributed by atoms with E-state index in [0.29, 0.717) is 6.42 Å². The quantitative estimate of drug-likeness (QED) is 0.683. The fraction of sp³-hybridized carbons (Fsp3) is 0.636. The highest BCUT2D eigenvalue weighted by atomic mass is 32.2. The van der Waals surface area contributed by atoms with Gasteiger partial charge in [0, 0.05) is 12.3 Å². The second-order valence-electron chi connectivity index (χ2n) is 4.28. The highest BCUT2D eigenvalue weighted by molar-refractivity contribution is 8.01. The maximum atomic E-state index is 12.5. The first kappa shape index (κ1) is 14.8. The van der Waals surface area contributed by atoms with Crippen molar-refractivity contribution in [2.45, 2.75) is 29.4 Å². The fourth-order valence-electron chi connectivity index (χ4n) is 1.90. The van der Waals surface area contributed by atoms with Crippen LogP contribution < -0.4 is 5.32 Å². The van der Waals surface area contributed by atoms with E-state index in [0.717, 1.165) is 15.1 Å². The number of nitrogens with zero attached hydrogens (tertiary/aromatic N) is 2. The molecule has 2 rings (SSSR count). The minimum absolute atomic E-state index is 0.0388. The van der Waals surface area contributed by atoms with Gasteiger partial charge < -0.3 is 5.32 Å². The van der Waals surface area contributed by atoms with E-state index in [9.17, 15) is 13.2 Å². The zero-order chi connectivity index (χ0) is 13.9. The van der Waals surface area contributed by atoms with Crippen molar-refractivity contribution in [3.05, 3.63) is 17.7 Å². The maximum absolute atomic E-state index is 12.5. The van der Waals surface area contributed by atoms with Gasteiger partial charge in [-0.2, -0.15) is 13.2 Å². The standard InChI is InChI=1S/C11H14F3N3S2/c1-2-5-18-10-17-16-9(19-10)8-4-3-7(6-15-8)11(12,13)14/h2,7-8,15H,1,3-6H2. The zero-order valence-electron chi connectivity index (χ0n) is 10.1. The number of rotatable bonds is 4. The molecule has 1 aliphatic heterocycles. The van der Waals surface area contributed by atoms with Gasteiger partial charge in [0.1, 0.15) is 5.01 Å². The van der Waals surface area contributed by atoms with Crippen molar-refractivity contribution in [2.75, 3.05) is 12.3 Å². The lowest BCUT2D eigenvalue weighted by molar-refractivity contribution is -0.179. The van der Waals surface area contributed by atoms with Crippen LogP contribution in [0.2, 0.25) is 0 Å². The van der Waals surface area contributed by atoms with Crippen molar-refractivity contribution < 1.29 is 13.2 Å². The van der Waals surface area contributed by atoms with Gasteiger partial charge >= 0.3 is 6.18 Å². The number of nitrogens with one attached hydrogen (secondary N) is 1. The van der Waals surface area contributed by atoms with Gasteiger partial charge in [0.2, 0.25) is 0 Å². The summed E-state index contributed by atoms with van der Waals surface area (Å²) in [6, 6.07) is -0.103. The third-order valence-electron chi connectivity index (χ3n) is 2.92. The van der Waals surface area contributed by atoms with Crippen LogP contribution in [0.4, 0.5) is 13.2 Å². The van der Waals surface area contributed by atoms with Gasteiger partial charge in [-0.3, -0.25) is 0 Å². The number of hydrogen-bond acceptors (Lipinski definition) is 5. The van der Waals surface area contributed by atoms with Crippen LogP contribution in [0.1, 0.15) is 23.9 Å². The summed E-state index contributed by atoms with van der Waals surface area (Å²) in [4.78, 5) is 0. The molecule has 1 aromatic heterocycles. The van der Waals surface area contributed by atoms with Crippen LogP contribution in [0, 0.1) is 5.92 Å². The summed E-state index contributed by atoms with van der Waals surface area (Å²) >= 11 is 2.97. The lowest BCUT2D eigenvalue weighted by atomic mass is 9.94. The lowest BCUT2D eigenvalue weighted by Crippen LogP contribution is -2.40. The molecule has 1 N–H and O–H groups in total. The summed E-state index contributed by atoms with van der Waals surface area (Å²) in [5.74, 6) is -0.491. The summed E-state index contributed by atoms with van der Waals surface area (Å²) < 4.78 is 38.4. The number of thioether (sulfide) groups is 1. The molecule has 3 nitrogen and oxygen atoms in total. The fourth-order valence-corrected chi connectivity index (χ4v) is 3.64. The van der Waals surface area contributed by atoms with Crippen LogP contribution in [0.3, 0.4) is 0 Å². The van der Waals surface area contributed by atoms with Crippen LogP contribution in [-0.2, 0) is 0 Å². The zero-order valence-corrected chi connectivity index (χ0v) is 11.7. The van der Waals surface area contributed by atoms with E-state index in [1.807, 2.05) is 0 Å². The SMILES string of the molecule is C=CCSc1nnc(C2CCC(C(F)(F)F)CN2)s1. The first-order valence-corrected chi connectivity index (χ1v) is 7.68. The monoisotopic (exact) mass is 309 g/mol. The van der Waals surface area contributed by atoms with Crippen LogP contribution >= 0.6 is 23.1 Å². The molecule has 1 fully saturated rings. The normalized spacial score (nSPS) is 24.4. The molecule has 1 saturated heterocycles. The minimum Gasteiger partial charge on any atom is -0.307 e. The highest BCUT2D eigenvalue weighted by Crippen LogP contribution is 2.36. The molecule has 2 heterocycles. The molecule has 0 spiro atoms. The van der Waals surface area contributed by atoms with Crippen molar-refractivity contribution >= 4 is 23.1 Å². The Morgan fingerprint density at radius 2 is 2.21 bits per heavy atom. The van der Waals surface area contributed by atoms with Crippen molar-refractivity contribution in [1.29, 1.82) is 0 Å². The Balaban J connectivity index is 1.90. The van der Waals surface area contributed by atoms with E-state index in [1.54, 1.807) is 6.08 Å². The predicted molar refractivity (Wildman–Crippen MR) is 70.4 cm³/mol. The number of aromatic nitrogens is 2. The molecular weight excluding hydrogens is 295 g/mol. The summed E-state index contributed by atoms with van der Waals surface area (Å²) in [5, 5.41) is 11.8. The van der Waals surface area contributed by atoms with Crippen molar-refractivity contribution in [1.82, 2.24) is 15.5 Å². The third-order valence-corrected chi connectivity index (χ3v) is 5.09. The molecule has 0 saturated carbocycles. The predicted octanol–water partition coefficient (Wildman–Crippen LogP) is 3.42. The molecule has 19 heavy (non-hydrogen) atoms. The van der Waals surface area contributed by atoms with Gasteiger partial charge in [0.05, 0.1) is 12.0 Å². The third kappa shape index (κ3) is 3.93. The average molecular weight is 309 g/mol. The average Bonchev–Trinajstić information content (AvgIpc) is 2.84. The Bertz CT molecular complexity index is 425. The summed E-state index contributed by atoms with van der Waals surface area (Å²) in [7, 11) is 0. The van der Waals surface area contributed by atoms with Crippen LogP contribution in [0.25, 0.3) is 0 Å². The van der Waals surface area contributed by atoms with E-state index in [2.05, 4.69) is 22.1 Å². The van der Waals surface area contributed by atoms with E-state index in [-0.39, 0.29) is 19.0 Å². The second kappa shape index (κ2) is 6.23. The molecule has 2 atom stereocenters. The summed E-state index contributed by atoms with van der Waals surface area (Å²) in [5.41, 5.74) is 0. The number of alkyl halides is 3. The Labute approximate surface area is 117 Å². The summed E-state index contributed by atoms with van der Waals surface area (Å²) in [6.07, 6.45) is -1.73. The molecule has 8 heteroatoms. The van der Waals surface area contributed by atoms with Crippen molar-refractivity contribution in [3.8, 4) is 0 Å². The molecule has 2 unspecified atom stereocenters. The van der Waals surface area contributed by atoms with E-state index in [1.165, 1.54) is 23.1 Å². The largest absolute Gasteiger partial charge is 0.393 e. The molecular formula is C11H14F3N3S2. The van der Waals surface area contributed by atoms with Crippen LogP contribution in [0.5, 0.6) is 0 Å².